The molecular formula is C77H60BN3. The second kappa shape index (κ2) is 20.4. The third kappa shape index (κ3) is 9.09. The summed E-state index contributed by atoms with van der Waals surface area (Å²) < 4.78 is 0. The molecule has 0 N–H and O–H groups in total. The number of nitrogens with zero attached hydrogens (tertiary/aromatic N) is 3. The molecule has 0 fully saturated rings. The van der Waals surface area contributed by atoms with Crippen LogP contribution in [-0.4, -0.2) is 6.85 Å². The van der Waals surface area contributed by atoms with Gasteiger partial charge in [-0.3, -0.25) is 0 Å². The van der Waals surface area contributed by atoms with Gasteiger partial charge in [0.2, 0.25) is 0 Å². The first-order valence-electron chi connectivity index (χ1n) is 28.3. The topological polar surface area (TPSA) is 9.72 Å². The lowest BCUT2D eigenvalue weighted by molar-refractivity contribution is 0.590. The van der Waals surface area contributed by atoms with Gasteiger partial charge in [0.1, 0.15) is 0 Å². The van der Waals surface area contributed by atoms with Crippen molar-refractivity contribution in [2.24, 2.45) is 0 Å². The number of anilines is 8. The highest BCUT2D eigenvalue weighted by Gasteiger charge is 2.46. The Balaban J connectivity index is 1.03. The molecule has 2 aliphatic heterocycles. The molecule has 0 aliphatic carbocycles. The molecule has 2 aliphatic rings. The van der Waals surface area contributed by atoms with E-state index >= 15 is 0 Å². The van der Waals surface area contributed by atoms with Gasteiger partial charge in [-0.1, -0.05) is 239 Å². The highest BCUT2D eigenvalue weighted by Crippen LogP contribution is 2.51. The van der Waals surface area contributed by atoms with Crippen LogP contribution in [0.25, 0.3) is 66.8 Å². The average molecular weight is 1040 g/mol. The lowest BCUT2D eigenvalue weighted by atomic mass is 9.43. The molecule has 0 bridgehead atoms. The van der Waals surface area contributed by atoms with E-state index in [1.807, 2.05) is 0 Å². The van der Waals surface area contributed by atoms with Gasteiger partial charge < -0.3 is 14.6 Å². The third-order valence-corrected chi connectivity index (χ3v) is 16.5. The molecule has 12 aromatic carbocycles. The fourth-order valence-electron chi connectivity index (χ4n) is 12.3. The van der Waals surface area contributed by atoms with Crippen LogP contribution in [0.4, 0.5) is 45.5 Å². The van der Waals surface area contributed by atoms with Crippen LogP contribution in [0.15, 0.2) is 291 Å². The van der Waals surface area contributed by atoms with Gasteiger partial charge in [0, 0.05) is 51.1 Å². The summed E-state index contributed by atoms with van der Waals surface area (Å²) in [5.41, 5.74) is 28.3. The van der Waals surface area contributed by atoms with Crippen LogP contribution < -0.4 is 25.5 Å². The molecule has 0 saturated carbocycles. The molecular weight excluding hydrogens is 978 g/mol. The van der Waals surface area contributed by atoms with Gasteiger partial charge in [-0.25, -0.2) is 0 Å². The SMILES string of the molecule is Cc1cc(-c2ccccc2)ccc1N1c2cc(N(c3ccc(-c4ccccc4)cc3)c3ccc(-c4ccccc4)cc3)ccc2B2c3c(cc(C(C)(C)C)cc31)-c1ccc(-c3ccccc3)cc1N2c1ccc(-c2ccccc2)cc1. The summed E-state index contributed by atoms with van der Waals surface area (Å²) in [6, 6.07) is 108. The second-order valence-electron chi connectivity index (χ2n) is 22.6. The zero-order valence-corrected chi connectivity index (χ0v) is 46.1. The van der Waals surface area contributed by atoms with Crippen molar-refractivity contribution in [3.63, 3.8) is 0 Å². The van der Waals surface area contributed by atoms with Crippen molar-refractivity contribution in [1.29, 1.82) is 0 Å². The van der Waals surface area contributed by atoms with Gasteiger partial charge in [-0.05, 0) is 168 Å². The van der Waals surface area contributed by atoms with E-state index in [1.165, 1.54) is 100 Å². The molecule has 0 aromatic heterocycles. The lowest BCUT2D eigenvalue weighted by Crippen LogP contribution is -2.61. The number of benzene rings is 12. The molecule has 81 heavy (non-hydrogen) atoms. The molecule has 2 heterocycles. The zero-order chi connectivity index (χ0) is 54.6. The van der Waals surface area contributed by atoms with Crippen LogP contribution in [-0.2, 0) is 5.41 Å². The van der Waals surface area contributed by atoms with Gasteiger partial charge in [-0.2, -0.15) is 0 Å². The lowest BCUT2D eigenvalue weighted by Gasteiger charge is -2.47. The Morgan fingerprint density at radius 3 is 1.22 bits per heavy atom. The van der Waals surface area contributed by atoms with Crippen molar-refractivity contribution in [3.8, 4) is 66.8 Å². The van der Waals surface area contributed by atoms with E-state index in [4.69, 9.17) is 0 Å². The van der Waals surface area contributed by atoms with Gasteiger partial charge in [-0.15, -0.1) is 0 Å². The number of hydrogen-bond acceptors (Lipinski definition) is 3. The smallest absolute Gasteiger partial charge is 0.333 e. The monoisotopic (exact) mass is 1040 g/mol. The van der Waals surface area contributed by atoms with Crippen LogP contribution >= 0.6 is 0 Å². The first-order valence-corrected chi connectivity index (χ1v) is 28.3. The Bertz CT molecular complexity index is 4150. The van der Waals surface area contributed by atoms with E-state index in [1.54, 1.807) is 0 Å². The average Bonchev–Trinajstić information content (AvgIpc) is 1.78. The maximum Gasteiger partial charge on any atom is 0.333 e. The Morgan fingerprint density at radius 1 is 0.321 bits per heavy atom. The molecule has 0 spiro atoms. The molecule has 386 valence electrons. The van der Waals surface area contributed by atoms with Crippen LogP contribution in [0.5, 0.6) is 0 Å². The van der Waals surface area contributed by atoms with E-state index in [9.17, 15) is 0 Å². The normalized spacial score (nSPS) is 12.4. The number of rotatable bonds is 10. The molecule has 3 nitrogen and oxygen atoms in total. The summed E-state index contributed by atoms with van der Waals surface area (Å²) in [6.45, 7) is 9.15. The molecule has 0 amide bonds. The fourth-order valence-corrected chi connectivity index (χ4v) is 12.3. The van der Waals surface area contributed by atoms with E-state index in [-0.39, 0.29) is 12.3 Å². The molecule has 0 saturated heterocycles. The predicted octanol–water partition coefficient (Wildman–Crippen LogP) is 19.8. The maximum atomic E-state index is 2.64. The molecule has 12 aromatic rings. The first-order chi connectivity index (χ1) is 39.7. The molecule has 0 radical (unpaired) electrons. The molecule has 0 atom stereocenters. The van der Waals surface area contributed by atoms with Crippen molar-refractivity contribution < 1.29 is 0 Å². The van der Waals surface area contributed by atoms with E-state index in [0.717, 1.165) is 34.1 Å². The maximum absolute atomic E-state index is 2.64. The standard InChI is InChI=1S/C77H60BN3/c1-53-48-62(57-26-16-8-17-27-57)37-47-72(53)80-74-52-68(79(65-38-30-59(31-39-65)54-20-10-5-11-21-54)66-40-32-60(33-41-66)55-22-12-6-13-23-55)44-46-71(74)78-76-70(50-64(51-75(76)80)77(2,3)4)69-45-36-63(58-28-18-9-19-29-58)49-73(69)81(78)67-42-34-61(35-43-67)56-24-14-7-15-25-56/h5-52H,1-4H3. The predicted molar refractivity (Wildman–Crippen MR) is 345 cm³/mol. The quantitative estimate of drug-likeness (QED) is 0.126. The Morgan fingerprint density at radius 2 is 0.741 bits per heavy atom. The summed E-state index contributed by atoms with van der Waals surface area (Å²) in [4.78, 5) is 7.67. The van der Waals surface area contributed by atoms with Crippen LogP contribution in [0.1, 0.15) is 31.9 Å². The summed E-state index contributed by atoms with van der Waals surface area (Å²) in [6.07, 6.45) is 0. The zero-order valence-electron chi connectivity index (χ0n) is 46.1. The summed E-state index contributed by atoms with van der Waals surface area (Å²) in [7, 11) is 0. The fraction of sp³-hybridized carbons (Fsp3) is 0.0649. The molecule has 0 unspecified atom stereocenters. The second-order valence-corrected chi connectivity index (χ2v) is 22.6. The van der Waals surface area contributed by atoms with Crippen molar-refractivity contribution >= 4 is 63.3 Å². The summed E-state index contributed by atoms with van der Waals surface area (Å²) >= 11 is 0. The largest absolute Gasteiger partial charge is 0.376 e. The van der Waals surface area contributed by atoms with E-state index in [0.29, 0.717) is 0 Å². The highest BCUT2D eigenvalue weighted by molar-refractivity contribution is 6.93. The summed E-state index contributed by atoms with van der Waals surface area (Å²) in [5.74, 6) is 0. The van der Waals surface area contributed by atoms with Crippen molar-refractivity contribution in [2.75, 3.05) is 14.6 Å². The number of fused-ring (bicyclic) bond motifs is 4. The van der Waals surface area contributed by atoms with Crippen LogP contribution in [0, 0.1) is 6.92 Å². The van der Waals surface area contributed by atoms with Gasteiger partial charge >= 0.3 is 6.85 Å². The Hall–Kier alpha value is -9.90. The van der Waals surface area contributed by atoms with Crippen LogP contribution in [0.3, 0.4) is 0 Å². The van der Waals surface area contributed by atoms with Crippen molar-refractivity contribution in [3.05, 3.63) is 302 Å². The minimum absolute atomic E-state index is 0.162. The Kier molecular flexibility index (Phi) is 12.4. The summed E-state index contributed by atoms with van der Waals surface area (Å²) in [5, 5.41) is 0. The van der Waals surface area contributed by atoms with Gasteiger partial charge in [0.05, 0.1) is 0 Å². The van der Waals surface area contributed by atoms with Crippen LogP contribution in [0.2, 0.25) is 0 Å². The highest BCUT2D eigenvalue weighted by atomic mass is 15.2. The van der Waals surface area contributed by atoms with Gasteiger partial charge in [0.25, 0.3) is 0 Å². The third-order valence-electron chi connectivity index (χ3n) is 16.5. The molecule has 4 heteroatoms. The first kappa shape index (κ1) is 49.4. The number of aryl methyl sites for hydroxylation is 1. The number of hydrogen-bond donors (Lipinski definition) is 0. The van der Waals surface area contributed by atoms with Crippen molar-refractivity contribution in [2.45, 2.75) is 33.1 Å². The van der Waals surface area contributed by atoms with Gasteiger partial charge in [0.15, 0.2) is 0 Å². The Labute approximate surface area is 477 Å². The minimum Gasteiger partial charge on any atom is -0.376 e. The molecule has 14 rings (SSSR count). The van der Waals surface area contributed by atoms with Crippen molar-refractivity contribution in [1.82, 2.24) is 0 Å². The van der Waals surface area contributed by atoms with E-state index in [2.05, 4.69) is 333 Å². The minimum atomic E-state index is -0.196. The van der Waals surface area contributed by atoms with E-state index < -0.39 is 0 Å².